The topological polar surface area (TPSA) is 55.2 Å². The second-order valence-electron chi connectivity index (χ2n) is 6.49. The summed E-state index contributed by atoms with van der Waals surface area (Å²) >= 11 is 4.96. The Labute approximate surface area is 163 Å². The van der Waals surface area contributed by atoms with Gasteiger partial charge in [0.25, 0.3) is 5.56 Å². The molecule has 1 saturated heterocycles. The summed E-state index contributed by atoms with van der Waals surface area (Å²) in [7, 11) is 0. The van der Waals surface area contributed by atoms with E-state index in [9.17, 15) is 9.59 Å². The van der Waals surface area contributed by atoms with Gasteiger partial charge in [0.05, 0.1) is 11.7 Å². The number of amides is 1. The maximum Gasteiger partial charge on any atom is 0.263 e. The molecule has 5 nitrogen and oxygen atoms in total. The van der Waals surface area contributed by atoms with Crippen molar-refractivity contribution in [2.45, 2.75) is 26.3 Å². The van der Waals surface area contributed by atoms with Gasteiger partial charge in [-0.25, -0.2) is 4.98 Å². The molecular weight excluding hydrogens is 414 g/mol. The second kappa shape index (κ2) is 6.96. The Bertz CT molecular complexity index is 1030. The third-order valence-corrected chi connectivity index (χ3v) is 6.29. The van der Waals surface area contributed by atoms with E-state index in [4.69, 9.17) is 0 Å². The Morgan fingerprint density at radius 2 is 1.92 bits per heavy atom. The number of hydrogen-bond acceptors (Lipinski definition) is 4. The Morgan fingerprint density at radius 1 is 1.23 bits per heavy atom. The summed E-state index contributed by atoms with van der Waals surface area (Å²) in [6.45, 7) is 3.62. The number of carbonyl (C=O) groups is 1. The van der Waals surface area contributed by atoms with Crippen LogP contribution in [0.3, 0.4) is 0 Å². The van der Waals surface area contributed by atoms with Gasteiger partial charge in [-0.3, -0.25) is 14.2 Å². The van der Waals surface area contributed by atoms with Crippen LogP contribution in [0.5, 0.6) is 0 Å². The quantitative estimate of drug-likeness (QED) is 0.633. The standard InChI is InChI=1S/C19H18BrN3O2S/c1-12-16(13-4-6-14(20)7-5-13)17-18(26-12)21-11-23(19(17)25)10-15(24)22-8-2-3-9-22/h4-7,11H,2-3,8-10H2,1H3. The van der Waals surface area contributed by atoms with Gasteiger partial charge in [-0.2, -0.15) is 0 Å². The number of fused-ring (bicyclic) bond motifs is 1. The summed E-state index contributed by atoms with van der Waals surface area (Å²) in [4.78, 5) is 33.6. The molecule has 1 fully saturated rings. The first kappa shape index (κ1) is 17.4. The van der Waals surface area contributed by atoms with Gasteiger partial charge in [0.2, 0.25) is 5.91 Å². The summed E-state index contributed by atoms with van der Waals surface area (Å²) in [5.74, 6) is -0.0112. The van der Waals surface area contributed by atoms with Crippen molar-refractivity contribution in [2.75, 3.05) is 13.1 Å². The van der Waals surface area contributed by atoms with E-state index in [1.54, 1.807) is 0 Å². The normalized spacial score (nSPS) is 14.3. The van der Waals surface area contributed by atoms with Gasteiger partial charge in [-0.15, -0.1) is 11.3 Å². The first-order valence-corrected chi connectivity index (χ1v) is 10.2. The van der Waals surface area contributed by atoms with Crippen molar-refractivity contribution in [1.82, 2.24) is 14.5 Å². The van der Waals surface area contributed by atoms with Crippen molar-refractivity contribution in [1.29, 1.82) is 0 Å². The fourth-order valence-corrected chi connectivity index (χ4v) is 4.69. The van der Waals surface area contributed by atoms with Crippen LogP contribution in [0.1, 0.15) is 17.7 Å². The highest BCUT2D eigenvalue weighted by Gasteiger charge is 2.21. The zero-order valence-electron chi connectivity index (χ0n) is 14.4. The molecule has 0 atom stereocenters. The number of aryl methyl sites for hydroxylation is 1. The van der Waals surface area contributed by atoms with E-state index in [1.165, 1.54) is 22.2 Å². The molecule has 0 N–H and O–H groups in total. The molecule has 0 saturated carbocycles. The molecule has 26 heavy (non-hydrogen) atoms. The summed E-state index contributed by atoms with van der Waals surface area (Å²) in [6, 6.07) is 7.91. The number of nitrogens with zero attached hydrogens (tertiary/aromatic N) is 3. The van der Waals surface area contributed by atoms with Gasteiger partial charge >= 0.3 is 0 Å². The van der Waals surface area contributed by atoms with Crippen LogP contribution in [0.2, 0.25) is 0 Å². The number of benzene rings is 1. The fraction of sp³-hybridized carbons (Fsp3) is 0.316. The van der Waals surface area contributed by atoms with Crippen molar-refractivity contribution in [3.05, 3.63) is 50.3 Å². The van der Waals surface area contributed by atoms with E-state index < -0.39 is 0 Å². The van der Waals surface area contributed by atoms with Crippen LogP contribution in [0.25, 0.3) is 21.3 Å². The highest BCUT2D eigenvalue weighted by Crippen LogP contribution is 2.35. The predicted octanol–water partition coefficient (Wildman–Crippen LogP) is 3.82. The first-order valence-electron chi connectivity index (χ1n) is 8.57. The van der Waals surface area contributed by atoms with E-state index in [0.717, 1.165) is 51.2 Å². The maximum atomic E-state index is 13.1. The van der Waals surface area contributed by atoms with Crippen LogP contribution in [0.4, 0.5) is 0 Å². The minimum absolute atomic E-state index is 0.0112. The van der Waals surface area contributed by atoms with E-state index >= 15 is 0 Å². The molecule has 1 aliphatic heterocycles. The molecule has 3 aromatic rings. The number of hydrogen-bond donors (Lipinski definition) is 0. The molecule has 0 radical (unpaired) electrons. The van der Waals surface area contributed by atoms with Gasteiger partial charge in [0.1, 0.15) is 11.4 Å². The molecule has 1 aromatic carbocycles. The summed E-state index contributed by atoms with van der Waals surface area (Å²) in [5.41, 5.74) is 1.75. The van der Waals surface area contributed by atoms with E-state index in [2.05, 4.69) is 20.9 Å². The number of rotatable bonds is 3. The van der Waals surface area contributed by atoms with Gasteiger partial charge in [0, 0.05) is 28.0 Å². The number of likely N-dealkylation sites (tertiary alicyclic amines) is 1. The Kier molecular flexibility index (Phi) is 4.67. The molecular formula is C19H18BrN3O2S. The number of aromatic nitrogens is 2. The highest BCUT2D eigenvalue weighted by atomic mass is 79.9. The number of thiophene rings is 1. The molecule has 0 bridgehead atoms. The smallest absolute Gasteiger partial charge is 0.263 e. The lowest BCUT2D eigenvalue weighted by Crippen LogP contribution is -2.34. The van der Waals surface area contributed by atoms with Gasteiger partial charge in [-0.1, -0.05) is 28.1 Å². The van der Waals surface area contributed by atoms with Crippen molar-refractivity contribution < 1.29 is 4.79 Å². The molecule has 2 aromatic heterocycles. The van der Waals surface area contributed by atoms with Crippen LogP contribution < -0.4 is 5.56 Å². The Hall–Kier alpha value is -1.99. The summed E-state index contributed by atoms with van der Waals surface area (Å²) in [6.07, 6.45) is 3.57. The largest absolute Gasteiger partial charge is 0.341 e. The molecule has 0 unspecified atom stereocenters. The lowest BCUT2D eigenvalue weighted by Gasteiger charge is -2.15. The highest BCUT2D eigenvalue weighted by molar-refractivity contribution is 9.10. The van der Waals surface area contributed by atoms with Gasteiger partial charge in [-0.05, 0) is 37.5 Å². The van der Waals surface area contributed by atoms with Crippen LogP contribution in [-0.2, 0) is 11.3 Å². The van der Waals surface area contributed by atoms with E-state index in [1.807, 2.05) is 36.1 Å². The van der Waals surface area contributed by atoms with Crippen molar-refractivity contribution in [3.63, 3.8) is 0 Å². The Balaban J connectivity index is 1.79. The van der Waals surface area contributed by atoms with Crippen molar-refractivity contribution in [2.24, 2.45) is 0 Å². The zero-order chi connectivity index (χ0) is 18.3. The predicted molar refractivity (Wildman–Crippen MR) is 108 cm³/mol. The lowest BCUT2D eigenvalue weighted by atomic mass is 10.0. The molecule has 1 amide bonds. The lowest BCUT2D eigenvalue weighted by molar-refractivity contribution is -0.130. The van der Waals surface area contributed by atoms with Gasteiger partial charge < -0.3 is 4.90 Å². The first-order chi connectivity index (χ1) is 12.5. The van der Waals surface area contributed by atoms with Crippen molar-refractivity contribution in [3.8, 4) is 11.1 Å². The average molecular weight is 432 g/mol. The number of halogens is 1. The summed E-state index contributed by atoms with van der Waals surface area (Å²) in [5, 5.41) is 0.603. The average Bonchev–Trinajstić information content (AvgIpc) is 3.26. The molecule has 0 spiro atoms. The van der Waals surface area contributed by atoms with Crippen LogP contribution >= 0.6 is 27.3 Å². The Morgan fingerprint density at radius 3 is 2.62 bits per heavy atom. The fourth-order valence-electron chi connectivity index (χ4n) is 3.43. The third-order valence-electron chi connectivity index (χ3n) is 4.75. The van der Waals surface area contributed by atoms with Gasteiger partial charge in [0.15, 0.2) is 0 Å². The maximum absolute atomic E-state index is 13.1. The SMILES string of the molecule is Cc1sc2ncn(CC(=O)N3CCCC3)c(=O)c2c1-c1ccc(Br)cc1. The molecule has 4 rings (SSSR count). The van der Waals surface area contributed by atoms with E-state index in [-0.39, 0.29) is 18.0 Å². The van der Waals surface area contributed by atoms with Crippen molar-refractivity contribution >= 4 is 43.4 Å². The molecule has 7 heteroatoms. The summed E-state index contributed by atoms with van der Waals surface area (Å²) < 4.78 is 2.43. The molecule has 0 aliphatic carbocycles. The minimum atomic E-state index is -0.148. The molecule has 1 aliphatic rings. The monoisotopic (exact) mass is 431 g/mol. The van der Waals surface area contributed by atoms with Crippen LogP contribution in [0, 0.1) is 6.92 Å². The van der Waals surface area contributed by atoms with Crippen LogP contribution in [-0.4, -0.2) is 33.4 Å². The zero-order valence-corrected chi connectivity index (χ0v) is 16.8. The van der Waals surface area contributed by atoms with E-state index in [0.29, 0.717) is 5.39 Å². The number of carbonyl (C=O) groups excluding carboxylic acids is 1. The second-order valence-corrected chi connectivity index (χ2v) is 8.60. The van der Waals surface area contributed by atoms with Crippen LogP contribution in [0.15, 0.2) is 39.9 Å². The third kappa shape index (κ3) is 3.10. The minimum Gasteiger partial charge on any atom is -0.341 e. The molecule has 134 valence electrons. The molecule has 3 heterocycles.